The van der Waals surface area contributed by atoms with Crippen LogP contribution in [0.15, 0.2) is 30.3 Å². The van der Waals surface area contributed by atoms with Gasteiger partial charge in [0.25, 0.3) is 0 Å². The number of rotatable bonds is 4. The number of methoxy groups -OCH3 is 1. The van der Waals surface area contributed by atoms with Gasteiger partial charge >= 0.3 is 0 Å². The van der Waals surface area contributed by atoms with Gasteiger partial charge in [-0.2, -0.15) is 0 Å². The van der Waals surface area contributed by atoms with E-state index in [1.807, 2.05) is 18.2 Å². The lowest BCUT2D eigenvalue weighted by Gasteiger charge is -2.14. The van der Waals surface area contributed by atoms with E-state index >= 15 is 0 Å². The third-order valence-electron chi connectivity index (χ3n) is 3.46. The zero-order valence-electron chi connectivity index (χ0n) is 12.4. The van der Waals surface area contributed by atoms with Crippen LogP contribution in [0.1, 0.15) is 22.3 Å². The molecular weight excluding hydrogens is 270 g/mol. The van der Waals surface area contributed by atoms with Gasteiger partial charge in [0.05, 0.1) is 12.1 Å². The minimum Gasteiger partial charge on any atom is -0.495 e. The summed E-state index contributed by atoms with van der Waals surface area (Å²) in [5.74, 6) is 0.689. The van der Waals surface area contributed by atoms with Gasteiger partial charge < -0.3 is 10.1 Å². The minimum atomic E-state index is 0.626. The van der Waals surface area contributed by atoms with Crippen molar-refractivity contribution in [3.63, 3.8) is 0 Å². The minimum absolute atomic E-state index is 0.626. The first-order valence-electron chi connectivity index (χ1n) is 6.65. The second-order valence-electron chi connectivity index (χ2n) is 5.08. The van der Waals surface area contributed by atoms with Crippen molar-refractivity contribution < 1.29 is 4.74 Å². The van der Waals surface area contributed by atoms with Crippen molar-refractivity contribution >= 4 is 17.3 Å². The van der Waals surface area contributed by atoms with E-state index in [-0.39, 0.29) is 0 Å². The molecule has 20 heavy (non-hydrogen) atoms. The Kier molecular flexibility index (Phi) is 4.56. The molecule has 0 aromatic heterocycles. The van der Waals surface area contributed by atoms with Crippen LogP contribution in [0.25, 0.3) is 0 Å². The Balaban J connectivity index is 2.17. The average molecular weight is 290 g/mol. The van der Waals surface area contributed by atoms with Crippen LogP contribution in [0.4, 0.5) is 5.69 Å². The van der Waals surface area contributed by atoms with Gasteiger partial charge in [-0.25, -0.2) is 0 Å². The Labute approximate surface area is 125 Å². The van der Waals surface area contributed by atoms with Crippen LogP contribution >= 0.6 is 11.6 Å². The third-order valence-corrected chi connectivity index (χ3v) is 3.77. The van der Waals surface area contributed by atoms with Gasteiger partial charge in [-0.15, -0.1) is 0 Å². The van der Waals surface area contributed by atoms with Crippen LogP contribution in [-0.2, 0) is 6.54 Å². The molecule has 0 saturated heterocycles. The van der Waals surface area contributed by atoms with Crippen molar-refractivity contribution in [2.45, 2.75) is 27.3 Å². The molecule has 2 aromatic rings. The van der Waals surface area contributed by atoms with Crippen molar-refractivity contribution in [3.05, 3.63) is 57.6 Å². The Bertz CT molecular complexity index is 599. The maximum absolute atomic E-state index is 6.03. The largest absolute Gasteiger partial charge is 0.495 e. The zero-order chi connectivity index (χ0) is 14.7. The van der Waals surface area contributed by atoms with Crippen molar-refractivity contribution in [2.75, 3.05) is 12.4 Å². The van der Waals surface area contributed by atoms with Gasteiger partial charge in [0, 0.05) is 18.3 Å². The predicted octanol–water partition coefficient (Wildman–Crippen LogP) is 4.89. The van der Waals surface area contributed by atoms with E-state index in [1.165, 1.54) is 22.3 Å². The summed E-state index contributed by atoms with van der Waals surface area (Å²) in [6, 6.07) is 10.2. The number of anilines is 1. The quantitative estimate of drug-likeness (QED) is 0.865. The highest BCUT2D eigenvalue weighted by Crippen LogP contribution is 2.28. The Morgan fingerprint density at radius 3 is 2.30 bits per heavy atom. The SMILES string of the molecule is COc1cc(NCc2c(C)cc(C)cc2C)ccc1Cl. The van der Waals surface area contributed by atoms with Gasteiger partial charge in [0.2, 0.25) is 0 Å². The fraction of sp³-hybridized carbons (Fsp3) is 0.294. The highest BCUT2D eigenvalue weighted by molar-refractivity contribution is 6.32. The monoisotopic (exact) mass is 289 g/mol. The number of hydrogen-bond acceptors (Lipinski definition) is 2. The van der Waals surface area contributed by atoms with Gasteiger partial charge in [-0.1, -0.05) is 29.3 Å². The van der Waals surface area contributed by atoms with Gasteiger partial charge in [-0.3, -0.25) is 0 Å². The first-order valence-corrected chi connectivity index (χ1v) is 7.03. The van der Waals surface area contributed by atoms with Crippen molar-refractivity contribution in [1.29, 1.82) is 0 Å². The number of benzene rings is 2. The molecule has 0 radical (unpaired) electrons. The third kappa shape index (κ3) is 3.26. The maximum atomic E-state index is 6.03. The summed E-state index contributed by atoms with van der Waals surface area (Å²) in [5.41, 5.74) is 6.28. The molecule has 0 amide bonds. The van der Waals surface area contributed by atoms with Crippen LogP contribution in [0.3, 0.4) is 0 Å². The number of nitrogens with one attached hydrogen (secondary N) is 1. The number of halogens is 1. The smallest absolute Gasteiger partial charge is 0.139 e. The number of hydrogen-bond donors (Lipinski definition) is 1. The van der Waals surface area contributed by atoms with Crippen molar-refractivity contribution in [3.8, 4) is 5.75 Å². The van der Waals surface area contributed by atoms with E-state index in [4.69, 9.17) is 16.3 Å². The van der Waals surface area contributed by atoms with Gasteiger partial charge in [-0.05, 0) is 49.6 Å². The molecular formula is C17H20ClNO. The van der Waals surface area contributed by atoms with E-state index in [1.54, 1.807) is 7.11 Å². The summed E-state index contributed by atoms with van der Waals surface area (Å²) < 4.78 is 5.23. The maximum Gasteiger partial charge on any atom is 0.139 e. The summed E-state index contributed by atoms with van der Waals surface area (Å²) in [6.45, 7) is 7.23. The van der Waals surface area contributed by atoms with Crippen LogP contribution in [0, 0.1) is 20.8 Å². The lowest BCUT2D eigenvalue weighted by atomic mass is 10.00. The fourth-order valence-corrected chi connectivity index (χ4v) is 2.64. The second kappa shape index (κ2) is 6.19. The molecule has 0 atom stereocenters. The van der Waals surface area contributed by atoms with Crippen molar-refractivity contribution in [2.24, 2.45) is 0 Å². The summed E-state index contributed by atoms with van der Waals surface area (Å²) in [5, 5.41) is 4.05. The molecule has 0 fully saturated rings. The molecule has 0 aliphatic heterocycles. The molecule has 0 bridgehead atoms. The fourth-order valence-electron chi connectivity index (χ4n) is 2.45. The van der Waals surface area contributed by atoms with Crippen LogP contribution in [0.5, 0.6) is 5.75 Å². The number of ether oxygens (including phenoxy) is 1. The van der Waals surface area contributed by atoms with E-state index in [9.17, 15) is 0 Å². The van der Waals surface area contributed by atoms with E-state index in [0.29, 0.717) is 10.8 Å². The Morgan fingerprint density at radius 2 is 1.70 bits per heavy atom. The molecule has 0 unspecified atom stereocenters. The number of aryl methyl sites for hydroxylation is 3. The van der Waals surface area contributed by atoms with E-state index in [0.717, 1.165) is 12.2 Å². The normalized spacial score (nSPS) is 10.4. The molecule has 2 rings (SSSR count). The lowest BCUT2D eigenvalue weighted by Crippen LogP contribution is -2.04. The molecule has 0 aliphatic rings. The lowest BCUT2D eigenvalue weighted by molar-refractivity contribution is 0.415. The summed E-state index contributed by atoms with van der Waals surface area (Å²) in [7, 11) is 1.62. The molecule has 0 spiro atoms. The van der Waals surface area contributed by atoms with Gasteiger partial charge in [0.15, 0.2) is 0 Å². The molecule has 106 valence electrons. The highest BCUT2D eigenvalue weighted by Gasteiger charge is 2.05. The topological polar surface area (TPSA) is 21.3 Å². The van der Waals surface area contributed by atoms with Gasteiger partial charge in [0.1, 0.15) is 5.75 Å². The first-order chi connectivity index (χ1) is 9.51. The Hall–Kier alpha value is -1.67. The summed E-state index contributed by atoms with van der Waals surface area (Å²) in [4.78, 5) is 0. The van der Waals surface area contributed by atoms with Crippen LogP contribution in [0.2, 0.25) is 5.02 Å². The highest BCUT2D eigenvalue weighted by atomic mass is 35.5. The molecule has 2 nitrogen and oxygen atoms in total. The summed E-state index contributed by atoms with van der Waals surface area (Å²) in [6.07, 6.45) is 0. The molecule has 0 saturated carbocycles. The average Bonchev–Trinajstić information content (AvgIpc) is 2.39. The van der Waals surface area contributed by atoms with E-state index in [2.05, 4.69) is 38.2 Å². The summed E-state index contributed by atoms with van der Waals surface area (Å²) >= 11 is 6.03. The second-order valence-corrected chi connectivity index (χ2v) is 5.49. The van der Waals surface area contributed by atoms with E-state index < -0.39 is 0 Å². The first kappa shape index (κ1) is 14.7. The standard InChI is InChI=1S/C17H20ClNO/c1-11-7-12(2)15(13(3)8-11)10-19-14-5-6-16(18)17(9-14)20-4/h5-9,19H,10H2,1-4H3. The van der Waals surface area contributed by atoms with Crippen molar-refractivity contribution in [1.82, 2.24) is 0 Å². The molecule has 2 aromatic carbocycles. The Morgan fingerprint density at radius 1 is 1.05 bits per heavy atom. The van der Waals surface area contributed by atoms with Crippen LogP contribution in [-0.4, -0.2) is 7.11 Å². The van der Waals surface area contributed by atoms with Crippen LogP contribution < -0.4 is 10.1 Å². The molecule has 3 heteroatoms. The predicted molar refractivity (Wildman–Crippen MR) is 86.0 cm³/mol. The molecule has 1 N–H and O–H groups in total. The zero-order valence-corrected chi connectivity index (χ0v) is 13.1. The molecule has 0 heterocycles. The molecule has 0 aliphatic carbocycles.